The molecule has 1 unspecified atom stereocenters. The topological polar surface area (TPSA) is 58.2 Å². The Labute approximate surface area is 155 Å². The van der Waals surface area contributed by atoms with Gasteiger partial charge in [0.15, 0.2) is 0 Å². The lowest BCUT2D eigenvalue weighted by atomic mass is 9.99. The number of carbonyl (C=O) groups is 2. The highest BCUT2D eigenvalue weighted by Crippen LogP contribution is 2.31. The Balaban J connectivity index is 2.18. The molecule has 0 fully saturated rings. The van der Waals surface area contributed by atoms with Crippen LogP contribution in [-0.2, 0) is 11.0 Å². The molecule has 0 saturated heterocycles. The summed E-state index contributed by atoms with van der Waals surface area (Å²) in [6.45, 7) is 3.28. The second-order valence-electron chi connectivity index (χ2n) is 6.20. The molecule has 0 aromatic heterocycles. The Morgan fingerprint density at radius 2 is 1.74 bits per heavy atom. The molecule has 2 aromatic carbocycles. The minimum absolute atomic E-state index is 0.222. The van der Waals surface area contributed by atoms with Crippen LogP contribution in [0.15, 0.2) is 48.5 Å². The summed E-state index contributed by atoms with van der Waals surface area (Å²) >= 11 is 0. The summed E-state index contributed by atoms with van der Waals surface area (Å²) in [5.74, 6) is -0.611. The van der Waals surface area contributed by atoms with Gasteiger partial charge in [0.05, 0.1) is 11.6 Å². The Hall–Kier alpha value is -2.83. The standard InChI is InChI=1S/C20H21F3N2O2/c1-3-5-18(15-6-4-7-16(12-15)20(21,22)23)25-19(27)14-8-10-17(11-9-14)24-13(2)26/h4,6-12,18H,3,5H2,1-2H3,(H,24,26)(H,25,27). The molecule has 7 heteroatoms. The van der Waals surface area contributed by atoms with Crippen LogP contribution in [-0.4, -0.2) is 11.8 Å². The van der Waals surface area contributed by atoms with E-state index in [1.165, 1.54) is 13.0 Å². The van der Waals surface area contributed by atoms with Gasteiger partial charge in [-0.1, -0.05) is 25.5 Å². The smallest absolute Gasteiger partial charge is 0.345 e. The fraction of sp³-hybridized carbons (Fsp3) is 0.300. The van der Waals surface area contributed by atoms with Gasteiger partial charge in [-0.05, 0) is 48.4 Å². The van der Waals surface area contributed by atoms with E-state index in [-0.39, 0.29) is 11.8 Å². The van der Waals surface area contributed by atoms with Crippen molar-refractivity contribution in [3.8, 4) is 0 Å². The molecule has 0 spiro atoms. The van der Waals surface area contributed by atoms with E-state index in [2.05, 4.69) is 10.6 Å². The van der Waals surface area contributed by atoms with Gasteiger partial charge < -0.3 is 10.6 Å². The Morgan fingerprint density at radius 1 is 1.07 bits per heavy atom. The van der Waals surface area contributed by atoms with Gasteiger partial charge in [-0.3, -0.25) is 9.59 Å². The van der Waals surface area contributed by atoms with Crippen LogP contribution < -0.4 is 10.6 Å². The van der Waals surface area contributed by atoms with Gasteiger partial charge >= 0.3 is 6.18 Å². The molecular formula is C20H21F3N2O2. The van der Waals surface area contributed by atoms with Gasteiger partial charge in [0, 0.05) is 18.2 Å². The molecule has 2 amide bonds. The van der Waals surface area contributed by atoms with Crippen LogP contribution >= 0.6 is 0 Å². The van der Waals surface area contributed by atoms with Gasteiger partial charge in [-0.2, -0.15) is 13.2 Å². The lowest BCUT2D eigenvalue weighted by Gasteiger charge is -2.20. The molecule has 2 aromatic rings. The monoisotopic (exact) mass is 378 g/mol. The summed E-state index contributed by atoms with van der Waals surface area (Å²) in [5, 5.41) is 5.40. The Bertz CT molecular complexity index is 802. The SMILES string of the molecule is CCCC(NC(=O)c1ccc(NC(C)=O)cc1)c1cccc(C(F)(F)F)c1. The summed E-state index contributed by atoms with van der Waals surface area (Å²) in [6, 6.07) is 10.8. The zero-order chi connectivity index (χ0) is 20.0. The Kier molecular flexibility index (Phi) is 6.60. The molecule has 0 heterocycles. The van der Waals surface area contributed by atoms with Crippen molar-refractivity contribution in [1.29, 1.82) is 0 Å². The normalized spacial score (nSPS) is 12.3. The summed E-state index contributed by atoms with van der Waals surface area (Å²) in [4.78, 5) is 23.5. The number of hydrogen-bond donors (Lipinski definition) is 2. The van der Waals surface area contributed by atoms with E-state index in [0.717, 1.165) is 12.1 Å². The molecule has 0 saturated carbocycles. The minimum Gasteiger partial charge on any atom is -0.345 e. The second kappa shape index (κ2) is 8.70. The highest BCUT2D eigenvalue weighted by Gasteiger charge is 2.31. The van der Waals surface area contributed by atoms with Crippen molar-refractivity contribution < 1.29 is 22.8 Å². The van der Waals surface area contributed by atoms with E-state index in [1.54, 1.807) is 30.3 Å². The maximum atomic E-state index is 13.0. The van der Waals surface area contributed by atoms with Gasteiger partial charge in [-0.15, -0.1) is 0 Å². The number of benzene rings is 2. The van der Waals surface area contributed by atoms with Crippen molar-refractivity contribution >= 4 is 17.5 Å². The minimum atomic E-state index is -4.43. The molecule has 0 radical (unpaired) electrons. The van der Waals surface area contributed by atoms with Crippen molar-refractivity contribution in [2.75, 3.05) is 5.32 Å². The molecule has 144 valence electrons. The molecular weight excluding hydrogens is 357 g/mol. The van der Waals surface area contributed by atoms with Crippen LogP contribution in [0.25, 0.3) is 0 Å². The molecule has 0 bridgehead atoms. The first-order valence-corrected chi connectivity index (χ1v) is 8.56. The first kappa shape index (κ1) is 20.5. The van der Waals surface area contributed by atoms with Crippen molar-refractivity contribution in [3.63, 3.8) is 0 Å². The molecule has 0 aliphatic heterocycles. The highest BCUT2D eigenvalue weighted by atomic mass is 19.4. The maximum Gasteiger partial charge on any atom is 0.416 e. The predicted molar refractivity (Wildman–Crippen MR) is 97.3 cm³/mol. The van der Waals surface area contributed by atoms with Crippen LogP contribution in [0.1, 0.15) is 54.2 Å². The number of halogens is 3. The van der Waals surface area contributed by atoms with E-state index in [9.17, 15) is 22.8 Å². The molecule has 2 rings (SSSR count). The number of amides is 2. The third-order valence-corrected chi connectivity index (χ3v) is 3.97. The number of carbonyl (C=O) groups excluding carboxylic acids is 2. The van der Waals surface area contributed by atoms with Crippen LogP contribution in [0.3, 0.4) is 0 Å². The number of alkyl halides is 3. The van der Waals surface area contributed by atoms with Crippen LogP contribution in [0.4, 0.5) is 18.9 Å². The van der Waals surface area contributed by atoms with Crippen molar-refractivity contribution in [2.45, 2.75) is 38.9 Å². The fourth-order valence-corrected chi connectivity index (χ4v) is 2.69. The third kappa shape index (κ3) is 5.84. The maximum absolute atomic E-state index is 13.0. The van der Waals surface area contributed by atoms with Gasteiger partial charge in [0.2, 0.25) is 5.91 Å². The molecule has 27 heavy (non-hydrogen) atoms. The zero-order valence-electron chi connectivity index (χ0n) is 15.1. The van der Waals surface area contributed by atoms with E-state index >= 15 is 0 Å². The quantitative estimate of drug-likeness (QED) is 0.748. The zero-order valence-corrected chi connectivity index (χ0v) is 15.1. The lowest BCUT2D eigenvalue weighted by Crippen LogP contribution is -2.28. The van der Waals surface area contributed by atoms with Crippen LogP contribution in [0.2, 0.25) is 0 Å². The largest absolute Gasteiger partial charge is 0.416 e. The number of anilines is 1. The molecule has 0 aliphatic rings. The molecule has 4 nitrogen and oxygen atoms in total. The molecule has 2 N–H and O–H groups in total. The molecule has 1 atom stereocenters. The number of nitrogens with one attached hydrogen (secondary N) is 2. The lowest BCUT2D eigenvalue weighted by molar-refractivity contribution is -0.137. The average molecular weight is 378 g/mol. The van der Waals surface area contributed by atoms with Gasteiger partial charge in [0.1, 0.15) is 0 Å². The van der Waals surface area contributed by atoms with Crippen molar-refractivity contribution in [3.05, 3.63) is 65.2 Å². The summed E-state index contributed by atoms with van der Waals surface area (Å²) < 4.78 is 38.9. The summed E-state index contributed by atoms with van der Waals surface area (Å²) in [6.07, 6.45) is -3.23. The van der Waals surface area contributed by atoms with E-state index < -0.39 is 17.8 Å². The van der Waals surface area contributed by atoms with Crippen molar-refractivity contribution in [2.24, 2.45) is 0 Å². The van der Waals surface area contributed by atoms with Gasteiger partial charge in [-0.25, -0.2) is 0 Å². The van der Waals surface area contributed by atoms with Crippen LogP contribution in [0, 0.1) is 0 Å². The highest BCUT2D eigenvalue weighted by molar-refractivity contribution is 5.95. The molecule has 0 aliphatic carbocycles. The Morgan fingerprint density at radius 3 is 2.30 bits per heavy atom. The second-order valence-corrected chi connectivity index (χ2v) is 6.20. The predicted octanol–water partition coefficient (Wildman–Crippen LogP) is 4.94. The van der Waals surface area contributed by atoms with Gasteiger partial charge in [0.25, 0.3) is 5.91 Å². The summed E-state index contributed by atoms with van der Waals surface area (Å²) in [7, 11) is 0. The summed E-state index contributed by atoms with van der Waals surface area (Å²) in [5.41, 5.74) is 0.587. The van der Waals surface area contributed by atoms with Crippen molar-refractivity contribution in [1.82, 2.24) is 5.32 Å². The first-order chi connectivity index (χ1) is 12.7. The average Bonchev–Trinajstić information content (AvgIpc) is 2.61. The van der Waals surface area contributed by atoms with Crippen LogP contribution in [0.5, 0.6) is 0 Å². The number of rotatable bonds is 6. The van der Waals surface area contributed by atoms with E-state index in [4.69, 9.17) is 0 Å². The number of hydrogen-bond acceptors (Lipinski definition) is 2. The van der Waals surface area contributed by atoms with E-state index in [1.807, 2.05) is 6.92 Å². The van der Waals surface area contributed by atoms with E-state index in [0.29, 0.717) is 29.7 Å². The third-order valence-electron chi connectivity index (χ3n) is 3.97. The fourth-order valence-electron chi connectivity index (χ4n) is 2.69. The first-order valence-electron chi connectivity index (χ1n) is 8.56.